The number of carbonyl (C=O) groups excluding carboxylic acids is 1. The number of pyridine rings is 1. The van der Waals surface area contributed by atoms with Gasteiger partial charge in [-0.1, -0.05) is 26.8 Å². The highest BCUT2D eigenvalue weighted by Gasteiger charge is 2.20. The van der Waals surface area contributed by atoms with Crippen molar-refractivity contribution in [1.82, 2.24) is 9.88 Å². The van der Waals surface area contributed by atoms with Gasteiger partial charge in [-0.2, -0.15) is 0 Å². The second kappa shape index (κ2) is 5.75. The maximum Gasteiger partial charge on any atom is 0.254 e. The van der Waals surface area contributed by atoms with Gasteiger partial charge in [-0.05, 0) is 23.6 Å². The first-order valence-corrected chi connectivity index (χ1v) is 7.50. The van der Waals surface area contributed by atoms with Gasteiger partial charge in [0.2, 0.25) is 0 Å². The summed E-state index contributed by atoms with van der Waals surface area (Å²) in [6.45, 7) is 7.00. The number of hydrogen-bond acceptors (Lipinski definition) is 3. The van der Waals surface area contributed by atoms with Crippen LogP contribution in [0.2, 0.25) is 0 Å². The van der Waals surface area contributed by atoms with Crippen molar-refractivity contribution in [2.24, 2.45) is 0 Å². The van der Waals surface area contributed by atoms with Crippen LogP contribution < -0.4 is 0 Å². The Bertz CT molecular complexity index is 584. The van der Waals surface area contributed by atoms with Crippen LogP contribution in [-0.2, 0) is 12.0 Å². The molecule has 0 atom stereocenters. The van der Waals surface area contributed by atoms with E-state index >= 15 is 0 Å². The average Bonchev–Trinajstić information content (AvgIpc) is 2.88. The van der Waals surface area contributed by atoms with Crippen LogP contribution in [0.4, 0.5) is 0 Å². The minimum atomic E-state index is 0.0439. The molecule has 3 nitrogen and oxygen atoms in total. The van der Waals surface area contributed by atoms with E-state index in [9.17, 15) is 4.79 Å². The minimum absolute atomic E-state index is 0.0439. The lowest BCUT2D eigenvalue weighted by Gasteiger charge is -2.17. The predicted molar refractivity (Wildman–Crippen MR) is 83.1 cm³/mol. The molecule has 0 radical (unpaired) electrons. The maximum absolute atomic E-state index is 12.4. The molecule has 2 rings (SSSR count). The zero-order valence-electron chi connectivity index (χ0n) is 12.4. The molecule has 0 bridgehead atoms. The van der Waals surface area contributed by atoms with E-state index < -0.39 is 0 Å². The number of rotatable bonds is 3. The van der Waals surface area contributed by atoms with Crippen LogP contribution in [-0.4, -0.2) is 22.8 Å². The van der Waals surface area contributed by atoms with Crippen molar-refractivity contribution >= 4 is 17.2 Å². The molecule has 2 aromatic rings. The highest BCUT2D eigenvalue weighted by Crippen LogP contribution is 2.29. The zero-order valence-corrected chi connectivity index (χ0v) is 13.2. The van der Waals surface area contributed by atoms with Gasteiger partial charge in [0.1, 0.15) is 0 Å². The molecular formula is C16H20N2OS. The van der Waals surface area contributed by atoms with E-state index in [1.165, 1.54) is 4.88 Å². The van der Waals surface area contributed by atoms with Gasteiger partial charge in [0.15, 0.2) is 0 Å². The third kappa shape index (κ3) is 3.45. The molecule has 0 aliphatic carbocycles. The Morgan fingerprint density at radius 3 is 2.65 bits per heavy atom. The smallest absolute Gasteiger partial charge is 0.254 e. The number of carbonyl (C=O) groups is 1. The third-order valence-corrected chi connectivity index (χ3v) is 4.41. The standard InChI is InChI=1S/C16H20N2OS/c1-16(2,3)14-9-12(11-20-14)15(19)18(4)10-13-7-5-6-8-17-13/h5-9,11H,10H2,1-4H3. The van der Waals surface area contributed by atoms with Gasteiger partial charge in [0.05, 0.1) is 17.8 Å². The summed E-state index contributed by atoms with van der Waals surface area (Å²) in [5, 5.41) is 1.94. The molecule has 0 unspecified atom stereocenters. The summed E-state index contributed by atoms with van der Waals surface area (Å²) in [5.41, 5.74) is 1.75. The fourth-order valence-corrected chi connectivity index (χ4v) is 2.84. The van der Waals surface area contributed by atoms with E-state index in [0.717, 1.165) is 11.3 Å². The molecule has 0 N–H and O–H groups in total. The van der Waals surface area contributed by atoms with Gasteiger partial charge in [0, 0.05) is 23.5 Å². The van der Waals surface area contributed by atoms with Crippen molar-refractivity contribution in [3.63, 3.8) is 0 Å². The van der Waals surface area contributed by atoms with Crippen molar-refractivity contribution in [3.8, 4) is 0 Å². The molecule has 1 amide bonds. The molecule has 0 saturated heterocycles. The first-order valence-electron chi connectivity index (χ1n) is 6.62. The minimum Gasteiger partial charge on any atom is -0.336 e. The number of thiophene rings is 1. The van der Waals surface area contributed by atoms with Crippen LogP contribution in [0.1, 0.15) is 41.7 Å². The Morgan fingerprint density at radius 2 is 2.10 bits per heavy atom. The average molecular weight is 288 g/mol. The maximum atomic E-state index is 12.4. The molecule has 106 valence electrons. The number of aromatic nitrogens is 1. The fourth-order valence-electron chi connectivity index (χ4n) is 1.87. The molecule has 0 aliphatic heterocycles. The second-order valence-electron chi connectivity index (χ2n) is 5.93. The largest absolute Gasteiger partial charge is 0.336 e. The monoisotopic (exact) mass is 288 g/mol. The van der Waals surface area contributed by atoms with E-state index in [-0.39, 0.29) is 11.3 Å². The first-order chi connectivity index (χ1) is 9.38. The zero-order chi connectivity index (χ0) is 14.8. The molecule has 2 heterocycles. The Hall–Kier alpha value is -1.68. The quantitative estimate of drug-likeness (QED) is 0.862. The Morgan fingerprint density at radius 1 is 1.35 bits per heavy atom. The van der Waals surface area contributed by atoms with Gasteiger partial charge in [-0.15, -0.1) is 11.3 Å². The summed E-state index contributed by atoms with van der Waals surface area (Å²) >= 11 is 1.65. The van der Waals surface area contributed by atoms with E-state index in [2.05, 4.69) is 25.8 Å². The van der Waals surface area contributed by atoms with Crippen LogP contribution >= 0.6 is 11.3 Å². The van der Waals surface area contributed by atoms with Gasteiger partial charge in [-0.25, -0.2) is 0 Å². The van der Waals surface area contributed by atoms with E-state index in [1.807, 2.05) is 36.7 Å². The van der Waals surface area contributed by atoms with Crippen LogP contribution in [0.3, 0.4) is 0 Å². The lowest BCUT2D eigenvalue weighted by atomic mass is 9.94. The van der Waals surface area contributed by atoms with Crippen LogP contribution in [0, 0.1) is 0 Å². The van der Waals surface area contributed by atoms with Crippen molar-refractivity contribution in [2.75, 3.05) is 7.05 Å². The Balaban J connectivity index is 2.09. The molecule has 4 heteroatoms. The molecule has 20 heavy (non-hydrogen) atoms. The third-order valence-electron chi connectivity index (χ3n) is 3.06. The van der Waals surface area contributed by atoms with Crippen molar-refractivity contribution < 1.29 is 4.79 Å². The highest BCUT2D eigenvalue weighted by atomic mass is 32.1. The van der Waals surface area contributed by atoms with Gasteiger partial charge >= 0.3 is 0 Å². The van der Waals surface area contributed by atoms with Crippen molar-refractivity contribution in [3.05, 3.63) is 52.0 Å². The molecule has 0 saturated carbocycles. The van der Waals surface area contributed by atoms with Crippen molar-refractivity contribution in [1.29, 1.82) is 0 Å². The van der Waals surface area contributed by atoms with Crippen LogP contribution in [0.25, 0.3) is 0 Å². The summed E-state index contributed by atoms with van der Waals surface area (Å²) in [5.74, 6) is 0.0439. The normalized spacial score (nSPS) is 11.4. The Labute approximate surface area is 124 Å². The second-order valence-corrected chi connectivity index (χ2v) is 6.84. The Kier molecular flexibility index (Phi) is 4.23. The van der Waals surface area contributed by atoms with E-state index in [0.29, 0.717) is 6.54 Å². The highest BCUT2D eigenvalue weighted by molar-refractivity contribution is 7.10. The molecule has 0 fully saturated rings. The van der Waals surface area contributed by atoms with Crippen LogP contribution in [0.5, 0.6) is 0 Å². The van der Waals surface area contributed by atoms with Crippen molar-refractivity contribution in [2.45, 2.75) is 32.7 Å². The summed E-state index contributed by atoms with van der Waals surface area (Å²) < 4.78 is 0. The number of amides is 1. The summed E-state index contributed by atoms with van der Waals surface area (Å²) in [6, 6.07) is 7.74. The summed E-state index contributed by atoms with van der Waals surface area (Å²) in [4.78, 5) is 19.6. The SMILES string of the molecule is CN(Cc1ccccn1)C(=O)c1csc(C(C)(C)C)c1. The van der Waals surface area contributed by atoms with Gasteiger partial charge in [0.25, 0.3) is 5.91 Å². The molecular weight excluding hydrogens is 268 g/mol. The van der Waals surface area contributed by atoms with E-state index in [1.54, 1.807) is 22.4 Å². The lowest BCUT2D eigenvalue weighted by Crippen LogP contribution is -2.26. The van der Waals surface area contributed by atoms with Gasteiger partial charge < -0.3 is 4.90 Å². The fraction of sp³-hybridized carbons (Fsp3) is 0.375. The predicted octanol–water partition coefficient (Wildman–Crippen LogP) is 3.71. The van der Waals surface area contributed by atoms with Gasteiger partial charge in [-0.3, -0.25) is 9.78 Å². The lowest BCUT2D eigenvalue weighted by molar-refractivity contribution is 0.0784. The topological polar surface area (TPSA) is 33.2 Å². The summed E-state index contributed by atoms with van der Waals surface area (Å²) in [7, 11) is 1.81. The summed E-state index contributed by atoms with van der Waals surface area (Å²) in [6.07, 6.45) is 1.75. The number of hydrogen-bond donors (Lipinski definition) is 0. The van der Waals surface area contributed by atoms with Crippen LogP contribution in [0.15, 0.2) is 35.8 Å². The first kappa shape index (κ1) is 14.7. The number of nitrogens with zero attached hydrogens (tertiary/aromatic N) is 2. The molecule has 0 aliphatic rings. The van der Waals surface area contributed by atoms with E-state index in [4.69, 9.17) is 0 Å². The molecule has 2 aromatic heterocycles. The molecule has 0 spiro atoms. The molecule has 0 aromatic carbocycles.